The van der Waals surface area contributed by atoms with Gasteiger partial charge in [-0.15, -0.1) is 0 Å². The lowest BCUT2D eigenvalue weighted by Gasteiger charge is -2.10. The Morgan fingerprint density at radius 1 is 1.35 bits per heavy atom. The van der Waals surface area contributed by atoms with Crippen LogP contribution in [0.4, 0.5) is 28.0 Å². The highest BCUT2D eigenvalue weighted by molar-refractivity contribution is 6.33. The van der Waals surface area contributed by atoms with E-state index in [0.717, 1.165) is 18.2 Å². The minimum absolute atomic E-state index is 0.0211. The Morgan fingerprint density at radius 2 is 2.00 bits per heavy atom. The molecule has 0 aliphatic heterocycles. The number of halogens is 5. The molecule has 1 aromatic rings. The summed E-state index contributed by atoms with van der Waals surface area (Å²) in [4.78, 5) is 11.0. The second-order valence-corrected chi connectivity index (χ2v) is 3.45. The van der Waals surface area contributed by atoms with Gasteiger partial charge in [0.15, 0.2) is 0 Å². The van der Waals surface area contributed by atoms with Crippen molar-refractivity contribution in [3.8, 4) is 0 Å². The van der Waals surface area contributed by atoms with Crippen molar-refractivity contribution < 1.29 is 22.4 Å². The van der Waals surface area contributed by atoms with Crippen molar-refractivity contribution in [2.24, 2.45) is 0 Å². The molecule has 0 heterocycles. The van der Waals surface area contributed by atoms with Crippen LogP contribution in [0.3, 0.4) is 0 Å². The van der Waals surface area contributed by atoms with Gasteiger partial charge in [0.25, 0.3) is 0 Å². The molecule has 0 aliphatic rings. The third-order valence-corrected chi connectivity index (χ3v) is 1.94. The summed E-state index contributed by atoms with van der Waals surface area (Å²) in [7, 11) is 0. The first-order valence-electron chi connectivity index (χ1n) is 4.34. The molecule has 2 amide bonds. The van der Waals surface area contributed by atoms with Gasteiger partial charge in [0.05, 0.1) is 10.7 Å². The van der Waals surface area contributed by atoms with Gasteiger partial charge in [-0.25, -0.2) is 9.18 Å². The van der Waals surface area contributed by atoms with E-state index in [2.05, 4.69) is 5.32 Å². The molecule has 8 heteroatoms. The summed E-state index contributed by atoms with van der Waals surface area (Å²) in [6.07, 6.45) is -4.50. The molecule has 1 rings (SSSR count). The van der Waals surface area contributed by atoms with Crippen LogP contribution < -0.4 is 10.6 Å². The van der Waals surface area contributed by atoms with Crippen LogP contribution in [0.1, 0.15) is 0 Å². The number of rotatable bonds is 2. The third-order valence-electron chi connectivity index (χ3n) is 1.63. The Labute approximate surface area is 98.8 Å². The molecule has 0 saturated carbocycles. The quantitative estimate of drug-likeness (QED) is 0.796. The fourth-order valence-corrected chi connectivity index (χ4v) is 1.15. The molecule has 0 bridgehead atoms. The molecule has 0 aromatic heterocycles. The van der Waals surface area contributed by atoms with E-state index >= 15 is 0 Å². The summed E-state index contributed by atoms with van der Waals surface area (Å²) >= 11 is 5.56. The maximum absolute atomic E-state index is 12.6. The zero-order valence-corrected chi connectivity index (χ0v) is 8.99. The number of amides is 2. The zero-order valence-electron chi connectivity index (χ0n) is 8.24. The molecule has 0 fully saturated rings. The Bertz CT molecular complexity index is 422. The van der Waals surface area contributed by atoms with Gasteiger partial charge in [0, 0.05) is 0 Å². The Morgan fingerprint density at radius 3 is 2.53 bits per heavy atom. The number of anilines is 1. The molecule has 2 N–H and O–H groups in total. The van der Waals surface area contributed by atoms with Crippen LogP contribution in [0, 0.1) is 5.82 Å². The van der Waals surface area contributed by atoms with Crippen LogP contribution >= 0.6 is 11.6 Å². The average molecular weight is 271 g/mol. The first kappa shape index (κ1) is 13.6. The zero-order chi connectivity index (χ0) is 13.1. The van der Waals surface area contributed by atoms with Crippen molar-refractivity contribution >= 4 is 23.3 Å². The second kappa shape index (κ2) is 5.22. The van der Waals surface area contributed by atoms with Crippen molar-refractivity contribution in [2.45, 2.75) is 6.18 Å². The predicted molar refractivity (Wildman–Crippen MR) is 54.5 cm³/mol. The van der Waals surface area contributed by atoms with Gasteiger partial charge >= 0.3 is 12.2 Å². The lowest BCUT2D eigenvalue weighted by atomic mass is 10.3. The molecular formula is C9H7ClF4N2O. The number of hydrogen-bond donors (Lipinski definition) is 2. The highest BCUT2D eigenvalue weighted by atomic mass is 35.5. The van der Waals surface area contributed by atoms with E-state index in [1.54, 1.807) is 5.32 Å². The van der Waals surface area contributed by atoms with Crippen molar-refractivity contribution in [3.05, 3.63) is 29.0 Å². The molecule has 3 nitrogen and oxygen atoms in total. The van der Waals surface area contributed by atoms with Gasteiger partial charge < -0.3 is 10.6 Å². The SMILES string of the molecule is O=C(NCC(F)(F)F)Nc1ccc(F)cc1Cl. The standard InChI is InChI=1S/C9H7ClF4N2O/c10-6-3-5(11)1-2-7(6)16-8(17)15-4-9(12,13)14/h1-3H,4H2,(H2,15,16,17). The molecule has 0 aliphatic carbocycles. The van der Waals surface area contributed by atoms with Crippen LogP contribution in [-0.2, 0) is 0 Å². The topological polar surface area (TPSA) is 41.1 Å². The highest BCUT2D eigenvalue weighted by Crippen LogP contribution is 2.22. The molecule has 0 saturated heterocycles. The van der Waals surface area contributed by atoms with E-state index < -0.39 is 24.6 Å². The first-order chi connectivity index (χ1) is 7.78. The Hall–Kier alpha value is -1.50. The Balaban J connectivity index is 2.57. The monoisotopic (exact) mass is 270 g/mol. The smallest absolute Gasteiger partial charge is 0.329 e. The molecule has 17 heavy (non-hydrogen) atoms. The lowest BCUT2D eigenvalue weighted by molar-refractivity contribution is -0.122. The van der Waals surface area contributed by atoms with E-state index in [4.69, 9.17) is 11.6 Å². The fourth-order valence-electron chi connectivity index (χ4n) is 0.938. The van der Waals surface area contributed by atoms with Crippen molar-refractivity contribution in [1.29, 1.82) is 0 Å². The van der Waals surface area contributed by atoms with Crippen LogP contribution in [0.25, 0.3) is 0 Å². The predicted octanol–water partition coefficient (Wildman–Crippen LogP) is 3.16. The van der Waals surface area contributed by atoms with Gasteiger partial charge in [0.1, 0.15) is 12.4 Å². The van der Waals surface area contributed by atoms with Crippen LogP contribution in [0.5, 0.6) is 0 Å². The fraction of sp³-hybridized carbons (Fsp3) is 0.222. The highest BCUT2D eigenvalue weighted by Gasteiger charge is 2.27. The van der Waals surface area contributed by atoms with E-state index in [0.29, 0.717) is 0 Å². The number of nitrogens with one attached hydrogen (secondary N) is 2. The van der Waals surface area contributed by atoms with Crippen molar-refractivity contribution in [1.82, 2.24) is 5.32 Å². The van der Waals surface area contributed by atoms with Crippen LogP contribution in [-0.4, -0.2) is 18.8 Å². The summed E-state index contributed by atoms with van der Waals surface area (Å²) in [5, 5.41) is 3.54. The number of benzene rings is 1. The normalized spacial score (nSPS) is 11.1. The number of alkyl halides is 3. The van der Waals surface area contributed by atoms with Gasteiger partial charge in [-0.2, -0.15) is 13.2 Å². The van der Waals surface area contributed by atoms with E-state index in [9.17, 15) is 22.4 Å². The van der Waals surface area contributed by atoms with Gasteiger partial charge in [-0.05, 0) is 18.2 Å². The van der Waals surface area contributed by atoms with E-state index in [1.807, 2.05) is 0 Å². The summed E-state index contributed by atoms with van der Waals surface area (Å²) < 4.78 is 47.9. The van der Waals surface area contributed by atoms with Crippen molar-refractivity contribution in [3.63, 3.8) is 0 Å². The summed E-state index contributed by atoms with van der Waals surface area (Å²) in [6, 6.07) is 2.02. The average Bonchev–Trinajstić information content (AvgIpc) is 2.18. The van der Waals surface area contributed by atoms with E-state index in [1.165, 1.54) is 0 Å². The molecule has 0 unspecified atom stereocenters. The largest absolute Gasteiger partial charge is 0.405 e. The van der Waals surface area contributed by atoms with Gasteiger partial charge in [-0.3, -0.25) is 0 Å². The van der Waals surface area contributed by atoms with Crippen LogP contribution in [0.2, 0.25) is 5.02 Å². The summed E-state index contributed by atoms with van der Waals surface area (Å²) in [5.41, 5.74) is 0.0211. The summed E-state index contributed by atoms with van der Waals surface area (Å²) in [6.45, 7) is -1.46. The second-order valence-electron chi connectivity index (χ2n) is 3.05. The minimum atomic E-state index is -4.50. The lowest BCUT2D eigenvalue weighted by Crippen LogP contribution is -2.36. The number of hydrogen-bond acceptors (Lipinski definition) is 1. The molecule has 0 radical (unpaired) electrons. The number of carbonyl (C=O) groups is 1. The molecule has 1 aromatic carbocycles. The minimum Gasteiger partial charge on any atom is -0.329 e. The van der Waals surface area contributed by atoms with E-state index in [-0.39, 0.29) is 10.7 Å². The summed E-state index contributed by atoms with van der Waals surface area (Å²) in [5.74, 6) is -0.615. The Kier molecular flexibility index (Phi) is 4.17. The maximum atomic E-state index is 12.6. The first-order valence-corrected chi connectivity index (χ1v) is 4.72. The molecular weight excluding hydrogens is 264 g/mol. The molecule has 0 spiro atoms. The van der Waals surface area contributed by atoms with Gasteiger partial charge in [0.2, 0.25) is 0 Å². The number of carbonyl (C=O) groups excluding carboxylic acids is 1. The number of urea groups is 1. The third kappa shape index (κ3) is 4.90. The maximum Gasteiger partial charge on any atom is 0.405 e. The van der Waals surface area contributed by atoms with Gasteiger partial charge in [-0.1, -0.05) is 11.6 Å². The van der Waals surface area contributed by atoms with Crippen LogP contribution in [0.15, 0.2) is 18.2 Å². The van der Waals surface area contributed by atoms with Crippen molar-refractivity contribution in [2.75, 3.05) is 11.9 Å². The molecule has 0 atom stereocenters. The molecule has 94 valence electrons.